The van der Waals surface area contributed by atoms with E-state index in [0.717, 1.165) is 11.5 Å². The number of nitrogens with zero attached hydrogens (tertiary/aromatic N) is 2. The van der Waals surface area contributed by atoms with Crippen LogP contribution >= 0.6 is 23.4 Å². The van der Waals surface area contributed by atoms with Crippen molar-refractivity contribution in [3.05, 3.63) is 88.2 Å². The lowest BCUT2D eigenvalue weighted by atomic mass is 10.2. The third-order valence-corrected chi connectivity index (χ3v) is 5.78. The molecular formula is C24H21ClN2O3S. The average Bonchev–Trinajstić information content (AvgIpc) is 2.79. The lowest BCUT2D eigenvalue weighted by Crippen LogP contribution is -2.22. The molecule has 0 bridgehead atoms. The Balaban J connectivity index is 1.56. The lowest BCUT2D eigenvalue weighted by molar-refractivity contribution is 0.332. The average molecular weight is 453 g/mol. The second-order valence-corrected chi connectivity index (χ2v) is 8.07. The summed E-state index contributed by atoms with van der Waals surface area (Å²) in [6.07, 6.45) is 0. The number of hydrogen-bond acceptors (Lipinski definition) is 5. The molecular weight excluding hydrogens is 432 g/mol. The summed E-state index contributed by atoms with van der Waals surface area (Å²) >= 11 is 7.85. The second kappa shape index (κ2) is 9.90. The van der Waals surface area contributed by atoms with E-state index in [1.807, 2.05) is 67.6 Å². The molecule has 0 amide bonds. The molecule has 1 aromatic heterocycles. The van der Waals surface area contributed by atoms with Crippen LogP contribution in [0.25, 0.3) is 16.6 Å². The van der Waals surface area contributed by atoms with Gasteiger partial charge in [0.05, 0.1) is 34.8 Å². The second-order valence-electron chi connectivity index (χ2n) is 6.60. The van der Waals surface area contributed by atoms with Crippen LogP contribution in [0, 0.1) is 0 Å². The predicted molar refractivity (Wildman–Crippen MR) is 126 cm³/mol. The normalized spacial score (nSPS) is 10.9. The van der Waals surface area contributed by atoms with Gasteiger partial charge >= 0.3 is 0 Å². The Bertz CT molecular complexity index is 1240. The van der Waals surface area contributed by atoms with Gasteiger partial charge in [-0.3, -0.25) is 9.36 Å². The number of rotatable bonds is 8. The minimum Gasteiger partial charge on any atom is -0.494 e. The van der Waals surface area contributed by atoms with Crippen molar-refractivity contribution in [3.8, 4) is 17.2 Å². The van der Waals surface area contributed by atoms with Gasteiger partial charge in [-0.15, -0.1) is 0 Å². The molecule has 0 spiro atoms. The zero-order chi connectivity index (χ0) is 21.6. The van der Waals surface area contributed by atoms with Crippen molar-refractivity contribution < 1.29 is 9.47 Å². The number of aromatic nitrogens is 2. The molecule has 0 unspecified atom stereocenters. The fourth-order valence-corrected chi connectivity index (χ4v) is 4.19. The molecule has 0 aliphatic rings. The van der Waals surface area contributed by atoms with Crippen LogP contribution in [-0.4, -0.2) is 28.5 Å². The highest BCUT2D eigenvalue weighted by molar-refractivity contribution is 7.99. The van der Waals surface area contributed by atoms with Crippen LogP contribution < -0.4 is 15.0 Å². The van der Waals surface area contributed by atoms with Crippen molar-refractivity contribution in [2.75, 3.05) is 19.0 Å². The van der Waals surface area contributed by atoms with Gasteiger partial charge in [0.2, 0.25) is 0 Å². The summed E-state index contributed by atoms with van der Waals surface area (Å²) in [5, 5.41) is 1.62. The lowest BCUT2D eigenvalue weighted by Gasteiger charge is -2.14. The van der Waals surface area contributed by atoms with Gasteiger partial charge in [0.1, 0.15) is 11.5 Å². The Morgan fingerprint density at radius 1 is 0.935 bits per heavy atom. The van der Waals surface area contributed by atoms with Gasteiger partial charge in [0.15, 0.2) is 5.16 Å². The summed E-state index contributed by atoms with van der Waals surface area (Å²) in [6, 6.07) is 22.1. The number of thioether (sulfide) groups is 1. The summed E-state index contributed by atoms with van der Waals surface area (Å²) < 4.78 is 12.9. The Morgan fingerprint density at radius 2 is 1.61 bits per heavy atom. The zero-order valence-electron chi connectivity index (χ0n) is 17.0. The summed E-state index contributed by atoms with van der Waals surface area (Å²) in [5.74, 6) is 2.19. The van der Waals surface area contributed by atoms with E-state index >= 15 is 0 Å². The van der Waals surface area contributed by atoms with Gasteiger partial charge in [0.25, 0.3) is 5.56 Å². The number of fused-ring (bicyclic) bond motifs is 1. The van der Waals surface area contributed by atoms with E-state index in [1.165, 1.54) is 11.8 Å². The van der Waals surface area contributed by atoms with Gasteiger partial charge in [-0.25, -0.2) is 4.98 Å². The predicted octanol–water partition coefficient (Wildman–Crippen LogP) is 5.61. The first-order valence-electron chi connectivity index (χ1n) is 9.92. The number of halogens is 1. The highest BCUT2D eigenvalue weighted by Crippen LogP contribution is 2.26. The van der Waals surface area contributed by atoms with E-state index in [9.17, 15) is 4.79 Å². The molecule has 0 N–H and O–H groups in total. The van der Waals surface area contributed by atoms with E-state index in [4.69, 9.17) is 26.1 Å². The number of para-hydroxylation sites is 2. The van der Waals surface area contributed by atoms with Crippen molar-refractivity contribution in [2.45, 2.75) is 12.1 Å². The molecule has 31 heavy (non-hydrogen) atoms. The van der Waals surface area contributed by atoms with Gasteiger partial charge in [-0.2, -0.15) is 0 Å². The molecule has 0 fully saturated rings. The van der Waals surface area contributed by atoms with Crippen LogP contribution in [0.3, 0.4) is 0 Å². The van der Waals surface area contributed by atoms with Crippen molar-refractivity contribution in [2.24, 2.45) is 0 Å². The highest BCUT2D eigenvalue weighted by Gasteiger charge is 2.15. The minimum absolute atomic E-state index is 0.145. The summed E-state index contributed by atoms with van der Waals surface area (Å²) in [7, 11) is 0. The summed E-state index contributed by atoms with van der Waals surface area (Å²) in [5.41, 5.74) is 1.13. The van der Waals surface area contributed by atoms with Crippen molar-refractivity contribution in [3.63, 3.8) is 0 Å². The maximum absolute atomic E-state index is 13.2. The van der Waals surface area contributed by atoms with Gasteiger partial charge in [0, 0.05) is 5.75 Å². The fourth-order valence-electron chi connectivity index (χ4n) is 3.15. The molecule has 0 aliphatic heterocycles. The molecule has 4 aromatic rings. The first-order valence-corrected chi connectivity index (χ1v) is 11.3. The molecule has 0 radical (unpaired) electrons. The van der Waals surface area contributed by atoms with E-state index in [0.29, 0.717) is 45.7 Å². The van der Waals surface area contributed by atoms with Crippen LogP contribution in [0.1, 0.15) is 6.92 Å². The SMILES string of the molecule is CCOc1ccc(OCCSc2nc3ccccc3c(=O)n2-c2ccccc2Cl)cc1. The van der Waals surface area contributed by atoms with Crippen molar-refractivity contribution in [1.29, 1.82) is 0 Å². The third-order valence-electron chi connectivity index (χ3n) is 4.56. The molecule has 0 saturated carbocycles. The molecule has 1 heterocycles. The summed E-state index contributed by atoms with van der Waals surface area (Å²) in [6.45, 7) is 3.04. The Morgan fingerprint density at radius 3 is 2.35 bits per heavy atom. The largest absolute Gasteiger partial charge is 0.494 e. The molecule has 3 aromatic carbocycles. The van der Waals surface area contributed by atoms with Crippen LogP contribution in [0.15, 0.2) is 82.7 Å². The highest BCUT2D eigenvalue weighted by atomic mass is 35.5. The standard InChI is InChI=1S/C24H21ClN2O3S/c1-2-29-17-11-13-18(14-12-17)30-15-16-31-24-26-21-9-5-3-7-19(21)23(28)27(24)22-10-6-4-8-20(22)25/h3-14H,2,15-16H2,1H3. The topological polar surface area (TPSA) is 53.4 Å². The maximum atomic E-state index is 13.2. The molecule has 5 nitrogen and oxygen atoms in total. The van der Waals surface area contributed by atoms with Crippen molar-refractivity contribution in [1.82, 2.24) is 9.55 Å². The smallest absolute Gasteiger partial charge is 0.266 e. The molecule has 7 heteroatoms. The molecule has 4 rings (SSSR count). The van der Waals surface area contributed by atoms with Crippen LogP contribution in [0.5, 0.6) is 11.5 Å². The monoisotopic (exact) mass is 452 g/mol. The van der Waals surface area contributed by atoms with E-state index in [1.54, 1.807) is 16.7 Å². The first kappa shape index (κ1) is 21.3. The van der Waals surface area contributed by atoms with Crippen LogP contribution in [0.4, 0.5) is 0 Å². The van der Waals surface area contributed by atoms with Crippen LogP contribution in [-0.2, 0) is 0 Å². The third kappa shape index (κ3) is 4.86. The van der Waals surface area contributed by atoms with E-state index < -0.39 is 0 Å². The molecule has 0 saturated heterocycles. The summed E-state index contributed by atoms with van der Waals surface area (Å²) in [4.78, 5) is 18.0. The van der Waals surface area contributed by atoms with Gasteiger partial charge in [-0.05, 0) is 55.5 Å². The first-order chi connectivity index (χ1) is 15.2. The zero-order valence-corrected chi connectivity index (χ0v) is 18.5. The maximum Gasteiger partial charge on any atom is 0.266 e. The van der Waals surface area contributed by atoms with Crippen molar-refractivity contribution >= 4 is 34.3 Å². The quantitative estimate of drug-likeness (QED) is 0.197. The number of hydrogen-bond donors (Lipinski definition) is 0. The van der Waals surface area contributed by atoms with E-state index in [2.05, 4.69) is 0 Å². The van der Waals surface area contributed by atoms with Gasteiger partial charge in [-0.1, -0.05) is 47.6 Å². The molecule has 0 atom stereocenters. The molecule has 158 valence electrons. The fraction of sp³-hybridized carbons (Fsp3) is 0.167. The minimum atomic E-state index is -0.145. The Kier molecular flexibility index (Phi) is 6.79. The Labute approximate surface area is 189 Å². The van der Waals surface area contributed by atoms with Crippen LogP contribution in [0.2, 0.25) is 5.02 Å². The number of ether oxygens (including phenoxy) is 2. The van der Waals surface area contributed by atoms with Gasteiger partial charge < -0.3 is 9.47 Å². The van der Waals surface area contributed by atoms with E-state index in [-0.39, 0.29) is 5.56 Å². The Hall–Kier alpha value is -2.96. The molecule has 0 aliphatic carbocycles. The number of benzene rings is 3.